The molecule has 200 valence electrons. The number of nitrogens with one attached hydrogen (secondary N) is 2. The van der Waals surface area contributed by atoms with E-state index in [1.54, 1.807) is 18.3 Å². The third-order valence-corrected chi connectivity index (χ3v) is 7.58. The Kier molecular flexibility index (Phi) is 7.14. The summed E-state index contributed by atoms with van der Waals surface area (Å²) in [5, 5.41) is 17.0. The maximum atomic E-state index is 12.3. The largest absolute Gasteiger partial charge is 0.508 e. The number of aryl methyl sites for hydroxylation is 2. The number of amides is 1. The Morgan fingerprint density at radius 1 is 1.03 bits per heavy atom. The van der Waals surface area contributed by atoms with Crippen LogP contribution >= 0.6 is 12.2 Å². The Hall–Kier alpha value is -4.17. The van der Waals surface area contributed by atoms with Crippen LogP contribution < -0.4 is 15.5 Å². The minimum atomic E-state index is -0.173. The van der Waals surface area contributed by atoms with Crippen molar-refractivity contribution in [3.8, 4) is 11.4 Å². The zero-order valence-electron chi connectivity index (χ0n) is 22.8. The van der Waals surface area contributed by atoms with Crippen LogP contribution in [0.15, 0.2) is 72.9 Å². The normalized spacial score (nSPS) is 17.0. The lowest BCUT2D eigenvalue weighted by Gasteiger charge is -2.29. The van der Waals surface area contributed by atoms with E-state index in [9.17, 15) is 9.90 Å². The molecule has 39 heavy (non-hydrogen) atoms. The molecule has 1 aliphatic rings. The van der Waals surface area contributed by atoms with Crippen molar-refractivity contribution in [2.24, 2.45) is 5.92 Å². The lowest BCUT2D eigenvalue weighted by molar-refractivity contribution is -0.118. The van der Waals surface area contributed by atoms with Gasteiger partial charge in [0.2, 0.25) is 5.91 Å². The summed E-state index contributed by atoms with van der Waals surface area (Å²) in [6.07, 6.45) is 1.80. The van der Waals surface area contributed by atoms with Crippen molar-refractivity contribution in [3.05, 3.63) is 101 Å². The number of carbonyl (C=O) groups is 1. The fourth-order valence-corrected chi connectivity index (χ4v) is 5.60. The van der Waals surface area contributed by atoms with Crippen LogP contribution in [0, 0.1) is 26.7 Å². The van der Waals surface area contributed by atoms with Gasteiger partial charge in [0.15, 0.2) is 5.11 Å². The van der Waals surface area contributed by atoms with Gasteiger partial charge in [-0.25, -0.2) is 0 Å². The van der Waals surface area contributed by atoms with E-state index in [-0.39, 0.29) is 29.7 Å². The van der Waals surface area contributed by atoms with Crippen LogP contribution in [0.2, 0.25) is 0 Å². The second-order valence-electron chi connectivity index (χ2n) is 10.3. The van der Waals surface area contributed by atoms with Gasteiger partial charge in [-0.1, -0.05) is 19.9 Å². The van der Waals surface area contributed by atoms with Crippen LogP contribution in [0.4, 0.5) is 11.4 Å². The molecular weight excluding hydrogens is 506 g/mol. The van der Waals surface area contributed by atoms with Gasteiger partial charge in [0.25, 0.3) is 0 Å². The molecule has 5 rings (SSSR count). The molecule has 8 heteroatoms. The molecule has 0 unspecified atom stereocenters. The molecule has 1 aliphatic heterocycles. The van der Waals surface area contributed by atoms with Crippen LogP contribution in [-0.2, 0) is 4.79 Å². The monoisotopic (exact) mass is 539 g/mol. The highest BCUT2D eigenvalue weighted by atomic mass is 32.1. The fraction of sp³-hybridized carbons (Fsp3) is 0.258. The summed E-state index contributed by atoms with van der Waals surface area (Å²) in [7, 11) is 0. The van der Waals surface area contributed by atoms with Crippen molar-refractivity contribution < 1.29 is 9.90 Å². The molecule has 1 saturated heterocycles. The molecular formula is C31H33N5O2S. The Morgan fingerprint density at radius 2 is 1.74 bits per heavy atom. The number of phenols is 1. The van der Waals surface area contributed by atoms with Crippen molar-refractivity contribution in [2.45, 2.75) is 46.7 Å². The van der Waals surface area contributed by atoms with Crippen LogP contribution in [-0.4, -0.2) is 25.7 Å². The van der Waals surface area contributed by atoms with Crippen LogP contribution in [0.3, 0.4) is 0 Å². The highest BCUT2D eigenvalue weighted by Crippen LogP contribution is 2.44. The quantitative estimate of drug-likeness (QED) is 0.250. The lowest BCUT2D eigenvalue weighted by atomic mass is 9.96. The number of thiocarbonyl (C=S) groups is 1. The summed E-state index contributed by atoms with van der Waals surface area (Å²) in [4.78, 5) is 19.2. The number of anilines is 2. The highest BCUT2D eigenvalue weighted by molar-refractivity contribution is 7.80. The summed E-state index contributed by atoms with van der Waals surface area (Å²) in [5.41, 5.74) is 7.84. The van der Waals surface area contributed by atoms with Gasteiger partial charge in [-0.05, 0) is 105 Å². The van der Waals surface area contributed by atoms with Gasteiger partial charge < -0.3 is 25.2 Å². The number of phenolic OH excluding ortho intramolecular Hbond substituents is 1. The summed E-state index contributed by atoms with van der Waals surface area (Å²) in [6, 6.07) is 21.0. The van der Waals surface area contributed by atoms with Crippen molar-refractivity contribution in [2.75, 3.05) is 10.2 Å². The van der Waals surface area contributed by atoms with Crippen molar-refractivity contribution in [3.63, 3.8) is 0 Å². The second kappa shape index (κ2) is 10.5. The Bertz CT molecular complexity index is 1530. The number of pyridine rings is 1. The highest BCUT2D eigenvalue weighted by Gasteiger charge is 2.42. The number of hydrogen-bond donors (Lipinski definition) is 3. The zero-order chi connectivity index (χ0) is 27.8. The fourth-order valence-electron chi connectivity index (χ4n) is 5.25. The van der Waals surface area contributed by atoms with Gasteiger partial charge in [0.05, 0.1) is 17.8 Å². The maximum absolute atomic E-state index is 12.3. The average molecular weight is 540 g/mol. The van der Waals surface area contributed by atoms with E-state index in [2.05, 4.69) is 51.1 Å². The predicted octanol–water partition coefficient (Wildman–Crippen LogP) is 6.27. The SMILES string of the molecule is Cc1cc(N2C(=S)N[C@H](c3ccccn3)[C@H]2c2cc(C)n(-c3ccc(O)cc3)c2C)ccc1NC(=O)C(C)C. The molecule has 0 saturated carbocycles. The molecule has 2 aromatic heterocycles. The first-order valence-corrected chi connectivity index (χ1v) is 13.5. The van der Waals surface area contributed by atoms with E-state index >= 15 is 0 Å². The summed E-state index contributed by atoms with van der Waals surface area (Å²) in [6.45, 7) is 9.95. The topological polar surface area (TPSA) is 82.4 Å². The van der Waals surface area contributed by atoms with Gasteiger partial charge in [-0.2, -0.15) is 0 Å². The smallest absolute Gasteiger partial charge is 0.226 e. The Morgan fingerprint density at radius 3 is 2.38 bits per heavy atom. The molecule has 7 nitrogen and oxygen atoms in total. The zero-order valence-corrected chi connectivity index (χ0v) is 23.6. The Balaban J connectivity index is 1.61. The van der Waals surface area contributed by atoms with Crippen molar-refractivity contribution >= 4 is 34.6 Å². The number of benzene rings is 2. The van der Waals surface area contributed by atoms with Gasteiger partial charge in [0.1, 0.15) is 5.75 Å². The minimum absolute atomic E-state index is 0.0148. The lowest BCUT2D eigenvalue weighted by Crippen LogP contribution is -2.29. The summed E-state index contributed by atoms with van der Waals surface area (Å²) >= 11 is 5.93. The number of carbonyl (C=O) groups excluding carboxylic acids is 1. The van der Waals surface area contributed by atoms with Crippen LogP contribution in [0.5, 0.6) is 5.75 Å². The third-order valence-electron chi connectivity index (χ3n) is 7.27. The molecule has 0 spiro atoms. The van der Waals surface area contributed by atoms with Crippen molar-refractivity contribution in [1.82, 2.24) is 14.9 Å². The molecule has 3 heterocycles. The van der Waals surface area contributed by atoms with E-state index in [0.29, 0.717) is 5.11 Å². The molecule has 0 aliphatic carbocycles. The van der Waals surface area contributed by atoms with E-state index in [1.807, 2.05) is 63.2 Å². The first-order valence-electron chi connectivity index (χ1n) is 13.1. The molecule has 1 amide bonds. The molecule has 3 N–H and O–H groups in total. The predicted molar refractivity (Wildman–Crippen MR) is 159 cm³/mol. The molecule has 1 fully saturated rings. The second-order valence-corrected chi connectivity index (χ2v) is 10.7. The molecule has 4 aromatic rings. The first-order chi connectivity index (χ1) is 18.7. The molecule has 0 bridgehead atoms. The third kappa shape index (κ3) is 5.00. The van der Waals surface area contributed by atoms with E-state index in [4.69, 9.17) is 12.2 Å². The molecule has 2 atom stereocenters. The number of aromatic hydroxyl groups is 1. The number of aromatic nitrogens is 2. The van der Waals surface area contributed by atoms with E-state index < -0.39 is 0 Å². The minimum Gasteiger partial charge on any atom is -0.508 e. The van der Waals surface area contributed by atoms with Gasteiger partial charge in [0, 0.05) is 40.6 Å². The summed E-state index contributed by atoms with van der Waals surface area (Å²) < 4.78 is 2.19. The molecule has 2 aromatic carbocycles. The van der Waals surface area contributed by atoms with Gasteiger partial charge in [-0.3, -0.25) is 9.78 Å². The van der Waals surface area contributed by atoms with E-state index in [1.165, 1.54) is 0 Å². The van der Waals surface area contributed by atoms with Gasteiger partial charge in [-0.15, -0.1) is 0 Å². The summed E-state index contributed by atoms with van der Waals surface area (Å²) in [5.74, 6) is 0.113. The standard InChI is InChI=1S/C31H33N5O2S/c1-18(2)30(38)33-26-14-11-23(16-19(26)3)36-29(28(34-31(36)39)27-8-6-7-15-32-27)25-17-20(4)35(21(25)5)22-9-12-24(37)13-10-22/h6-18,28-29,37H,1-5H3,(H,33,38)(H,34,39)/t28-,29-/m1/s1. The molecule has 0 radical (unpaired) electrons. The van der Waals surface area contributed by atoms with Crippen molar-refractivity contribution in [1.29, 1.82) is 0 Å². The van der Waals surface area contributed by atoms with Gasteiger partial charge >= 0.3 is 0 Å². The number of nitrogens with zero attached hydrogens (tertiary/aromatic N) is 3. The Labute approximate surface area is 234 Å². The average Bonchev–Trinajstić information content (AvgIpc) is 3.41. The van der Waals surface area contributed by atoms with Crippen LogP contribution in [0.1, 0.15) is 54.1 Å². The maximum Gasteiger partial charge on any atom is 0.226 e. The van der Waals surface area contributed by atoms with E-state index in [0.717, 1.165) is 45.3 Å². The number of hydrogen-bond acceptors (Lipinski definition) is 4. The number of rotatable bonds is 6. The first kappa shape index (κ1) is 26.4. The van der Waals surface area contributed by atoms with Crippen LogP contribution in [0.25, 0.3) is 5.69 Å².